The Labute approximate surface area is 224 Å². The Kier molecular flexibility index (Phi) is 7.89. The van der Waals surface area contributed by atoms with Gasteiger partial charge in [-0.1, -0.05) is 0 Å². The van der Waals surface area contributed by atoms with Crippen LogP contribution in [0.25, 0.3) is 0 Å². The lowest BCUT2D eigenvalue weighted by molar-refractivity contribution is -0.00778. The molecular weight excluding hydrogens is 514 g/mol. The molecule has 0 radical (unpaired) electrons. The number of anilines is 3. The highest BCUT2D eigenvalue weighted by molar-refractivity contribution is 7.88. The van der Waals surface area contributed by atoms with Crippen molar-refractivity contribution in [2.45, 2.75) is 76.6 Å². The molecule has 0 amide bonds. The number of aromatic nitrogens is 2. The number of ether oxygens (including phenoxy) is 1. The van der Waals surface area contributed by atoms with Crippen molar-refractivity contribution >= 4 is 27.5 Å². The maximum Gasteiger partial charge on any atom is 0.229 e. The van der Waals surface area contributed by atoms with Crippen LogP contribution in [-0.2, 0) is 10.0 Å². The number of piperidine rings is 2. The van der Waals surface area contributed by atoms with Crippen LogP contribution in [0.4, 0.5) is 26.2 Å². The van der Waals surface area contributed by atoms with Gasteiger partial charge >= 0.3 is 0 Å². The highest BCUT2D eigenvalue weighted by Gasteiger charge is 2.43. The molecule has 2 fully saturated rings. The third-order valence-electron chi connectivity index (χ3n) is 7.74. The molecule has 2 aliphatic rings. The van der Waals surface area contributed by atoms with Gasteiger partial charge < -0.3 is 15.4 Å². The summed E-state index contributed by atoms with van der Waals surface area (Å²) in [6, 6.07) is 4.42. The first-order chi connectivity index (χ1) is 17.6. The van der Waals surface area contributed by atoms with Crippen LogP contribution in [0.3, 0.4) is 0 Å². The lowest BCUT2D eigenvalue weighted by Gasteiger charge is -2.53. The van der Waals surface area contributed by atoms with E-state index in [2.05, 4.69) is 60.2 Å². The van der Waals surface area contributed by atoms with Crippen LogP contribution >= 0.6 is 0 Å². The summed E-state index contributed by atoms with van der Waals surface area (Å²) >= 11 is 0. The van der Waals surface area contributed by atoms with Crippen LogP contribution in [0.15, 0.2) is 24.4 Å². The molecule has 2 aliphatic heterocycles. The van der Waals surface area contributed by atoms with Crippen molar-refractivity contribution in [3.63, 3.8) is 0 Å². The highest BCUT2D eigenvalue weighted by atomic mass is 32.2. The fourth-order valence-electron chi connectivity index (χ4n) is 5.46. The quantitative estimate of drug-likeness (QED) is 0.523. The first kappa shape index (κ1) is 28.4. The number of likely N-dealkylation sites (tertiary alicyclic amines) is 1. The predicted molar refractivity (Wildman–Crippen MR) is 144 cm³/mol. The fraction of sp³-hybridized carbons (Fsp3) is 0.615. The molecule has 2 N–H and O–H groups in total. The molecule has 0 atom stereocenters. The number of hydrogen-bond donors (Lipinski definition) is 2. The van der Waals surface area contributed by atoms with Gasteiger partial charge in [0.1, 0.15) is 6.10 Å². The van der Waals surface area contributed by atoms with E-state index in [0.29, 0.717) is 31.6 Å². The second-order valence-corrected chi connectivity index (χ2v) is 13.6. The number of sulfonamides is 1. The SMILES string of the molecule is CN1C(C)(C)CC(Nc2nc(Nc3ccc(OC4CCN(S(C)(=O)=O)CC4)c(F)c3)ncc2F)CC1(C)C. The van der Waals surface area contributed by atoms with E-state index in [1.54, 1.807) is 6.07 Å². The maximum atomic E-state index is 14.8. The van der Waals surface area contributed by atoms with Crippen molar-refractivity contribution < 1.29 is 21.9 Å². The van der Waals surface area contributed by atoms with Crippen molar-refractivity contribution in [3.05, 3.63) is 36.0 Å². The molecule has 2 aromatic rings. The van der Waals surface area contributed by atoms with E-state index in [0.717, 1.165) is 19.0 Å². The minimum Gasteiger partial charge on any atom is -0.487 e. The molecular formula is C26H38F2N6O3S. The summed E-state index contributed by atoms with van der Waals surface area (Å²) in [6.45, 7) is 9.38. The third-order valence-corrected chi connectivity index (χ3v) is 9.05. The van der Waals surface area contributed by atoms with E-state index in [1.807, 2.05) is 0 Å². The monoisotopic (exact) mass is 552 g/mol. The first-order valence-corrected chi connectivity index (χ1v) is 14.7. The van der Waals surface area contributed by atoms with Gasteiger partial charge in [0.2, 0.25) is 16.0 Å². The normalized spacial score (nSPS) is 21.3. The van der Waals surface area contributed by atoms with E-state index >= 15 is 0 Å². The summed E-state index contributed by atoms with van der Waals surface area (Å²) in [4.78, 5) is 10.7. The van der Waals surface area contributed by atoms with Crippen LogP contribution in [0, 0.1) is 11.6 Å². The van der Waals surface area contributed by atoms with Crippen LogP contribution in [-0.4, -0.2) is 77.2 Å². The topological polar surface area (TPSA) is 99.7 Å². The summed E-state index contributed by atoms with van der Waals surface area (Å²) in [5.41, 5.74) is 0.243. The molecule has 4 rings (SSSR count). The largest absolute Gasteiger partial charge is 0.487 e. The molecule has 0 unspecified atom stereocenters. The number of halogens is 2. The van der Waals surface area contributed by atoms with Gasteiger partial charge in [-0.05, 0) is 72.6 Å². The van der Waals surface area contributed by atoms with E-state index in [9.17, 15) is 17.2 Å². The number of nitrogens with one attached hydrogen (secondary N) is 2. The molecule has 210 valence electrons. The van der Waals surface area contributed by atoms with Crippen molar-refractivity contribution in [1.29, 1.82) is 0 Å². The van der Waals surface area contributed by atoms with Crippen molar-refractivity contribution in [3.8, 4) is 5.75 Å². The number of nitrogens with zero attached hydrogens (tertiary/aromatic N) is 4. The molecule has 2 saturated heterocycles. The van der Waals surface area contributed by atoms with Gasteiger partial charge in [-0.25, -0.2) is 26.5 Å². The zero-order valence-electron chi connectivity index (χ0n) is 22.9. The average molecular weight is 553 g/mol. The van der Waals surface area contributed by atoms with Gasteiger partial charge in [0.25, 0.3) is 0 Å². The van der Waals surface area contributed by atoms with E-state index in [1.165, 1.54) is 22.7 Å². The summed E-state index contributed by atoms with van der Waals surface area (Å²) in [5, 5.41) is 6.19. The molecule has 12 heteroatoms. The lowest BCUT2D eigenvalue weighted by atomic mass is 9.77. The minimum absolute atomic E-state index is 0.0200. The van der Waals surface area contributed by atoms with Gasteiger partial charge in [-0.2, -0.15) is 4.98 Å². The molecule has 0 aliphatic carbocycles. The van der Waals surface area contributed by atoms with Gasteiger partial charge in [-0.15, -0.1) is 0 Å². The predicted octanol–water partition coefficient (Wildman–Crippen LogP) is 4.36. The van der Waals surface area contributed by atoms with Gasteiger partial charge in [0, 0.05) is 42.0 Å². The summed E-state index contributed by atoms with van der Waals surface area (Å²) in [7, 11) is -1.13. The zero-order valence-corrected chi connectivity index (χ0v) is 23.7. The van der Waals surface area contributed by atoms with Crippen molar-refractivity contribution in [2.75, 3.05) is 37.0 Å². The molecule has 1 aromatic carbocycles. The van der Waals surface area contributed by atoms with Crippen molar-refractivity contribution in [2.24, 2.45) is 0 Å². The van der Waals surface area contributed by atoms with E-state index < -0.39 is 21.7 Å². The molecule has 3 heterocycles. The molecule has 0 bridgehead atoms. The number of rotatable bonds is 7. The second-order valence-electron chi connectivity index (χ2n) is 11.6. The summed E-state index contributed by atoms with van der Waals surface area (Å²) in [5.74, 6) is -0.798. The molecule has 0 saturated carbocycles. The molecule has 0 spiro atoms. The minimum atomic E-state index is -3.24. The van der Waals surface area contributed by atoms with Gasteiger partial charge in [-0.3, -0.25) is 4.90 Å². The first-order valence-electron chi connectivity index (χ1n) is 12.9. The Morgan fingerprint density at radius 3 is 2.26 bits per heavy atom. The van der Waals surface area contributed by atoms with Crippen LogP contribution < -0.4 is 15.4 Å². The smallest absolute Gasteiger partial charge is 0.229 e. The Bertz CT molecular complexity index is 1250. The Balaban J connectivity index is 1.40. The molecule has 38 heavy (non-hydrogen) atoms. The Morgan fingerprint density at radius 1 is 1.05 bits per heavy atom. The molecule has 9 nitrogen and oxygen atoms in total. The average Bonchev–Trinajstić information content (AvgIpc) is 2.81. The fourth-order valence-corrected chi connectivity index (χ4v) is 6.33. The number of benzene rings is 1. The second kappa shape index (κ2) is 10.5. The third kappa shape index (κ3) is 6.52. The highest BCUT2D eigenvalue weighted by Crippen LogP contribution is 2.38. The Morgan fingerprint density at radius 2 is 1.68 bits per heavy atom. The lowest BCUT2D eigenvalue weighted by Crippen LogP contribution is -2.61. The zero-order chi connectivity index (χ0) is 27.9. The number of hydrogen-bond acceptors (Lipinski definition) is 8. The standard InChI is InChI=1S/C26H38F2N6O3S/c1-25(2)14-18(15-26(3,4)33(25)5)30-23-21(28)16-29-24(32-23)31-17-7-8-22(20(27)13-17)37-19-9-11-34(12-10-19)38(6,35)36/h7-8,13,16,18-19H,9-12,14-15H2,1-6H3,(H2,29,30,31,32). The van der Waals surface area contributed by atoms with E-state index in [4.69, 9.17) is 4.74 Å². The van der Waals surface area contributed by atoms with Gasteiger partial charge in [0.15, 0.2) is 23.2 Å². The van der Waals surface area contributed by atoms with Crippen LogP contribution in [0.2, 0.25) is 0 Å². The van der Waals surface area contributed by atoms with Crippen LogP contribution in [0.5, 0.6) is 5.75 Å². The van der Waals surface area contributed by atoms with Crippen LogP contribution in [0.1, 0.15) is 53.4 Å². The molecule has 1 aromatic heterocycles. The van der Waals surface area contributed by atoms with Crippen molar-refractivity contribution in [1.82, 2.24) is 19.2 Å². The maximum absolute atomic E-state index is 14.8. The van der Waals surface area contributed by atoms with Gasteiger partial charge in [0.05, 0.1) is 12.5 Å². The summed E-state index contributed by atoms with van der Waals surface area (Å²) in [6.07, 6.45) is 4.61. The summed E-state index contributed by atoms with van der Waals surface area (Å²) < 4.78 is 60.0. The van der Waals surface area contributed by atoms with E-state index in [-0.39, 0.29) is 40.7 Å². The Hall–Kier alpha value is -2.57.